The second-order valence-electron chi connectivity index (χ2n) is 4.56. The molecule has 0 radical (unpaired) electrons. The van der Waals surface area contributed by atoms with Crippen LogP contribution >= 0.6 is 11.3 Å². The molecular formula is C11H17N3O3S. The van der Waals surface area contributed by atoms with Crippen LogP contribution in [0.3, 0.4) is 0 Å². The first kappa shape index (κ1) is 14.4. The first-order valence-corrected chi connectivity index (χ1v) is 6.46. The van der Waals surface area contributed by atoms with E-state index in [0.29, 0.717) is 18.8 Å². The number of aromatic nitrogens is 1. The maximum atomic E-state index is 11.5. The molecule has 2 N–H and O–H groups in total. The molecule has 2 amide bonds. The summed E-state index contributed by atoms with van der Waals surface area (Å²) >= 11 is 1.36. The fourth-order valence-corrected chi connectivity index (χ4v) is 1.60. The lowest BCUT2D eigenvalue weighted by Gasteiger charge is -2.19. The van der Waals surface area contributed by atoms with Crippen molar-refractivity contribution in [2.45, 2.75) is 26.4 Å². The summed E-state index contributed by atoms with van der Waals surface area (Å²) < 4.78 is 5.04. The monoisotopic (exact) mass is 271 g/mol. The van der Waals surface area contributed by atoms with Crippen LogP contribution in [0.2, 0.25) is 0 Å². The maximum absolute atomic E-state index is 11.5. The zero-order valence-electron chi connectivity index (χ0n) is 10.6. The minimum atomic E-state index is -0.520. The van der Waals surface area contributed by atoms with E-state index in [4.69, 9.17) is 4.74 Å². The molecule has 0 aliphatic heterocycles. The Hall–Kier alpha value is -1.63. The van der Waals surface area contributed by atoms with Crippen molar-refractivity contribution in [2.75, 3.05) is 13.1 Å². The van der Waals surface area contributed by atoms with Crippen molar-refractivity contribution in [3.63, 3.8) is 0 Å². The van der Waals surface area contributed by atoms with Gasteiger partial charge < -0.3 is 15.4 Å². The van der Waals surface area contributed by atoms with Crippen molar-refractivity contribution in [3.8, 4) is 0 Å². The van der Waals surface area contributed by atoms with Crippen LogP contribution in [0.1, 0.15) is 31.3 Å². The normalized spacial score (nSPS) is 10.8. The third-order valence-electron chi connectivity index (χ3n) is 1.74. The van der Waals surface area contributed by atoms with Gasteiger partial charge in [-0.25, -0.2) is 9.78 Å². The van der Waals surface area contributed by atoms with Crippen LogP contribution in [0.4, 0.5) is 4.79 Å². The Bertz CT molecular complexity index is 398. The van der Waals surface area contributed by atoms with Crippen molar-refractivity contribution in [1.82, 2.24) is 15.6 Å². The molecule has 18 heavy (non-hydrogen) atoms. The summed E-state index contributed by atoms with van der Waals surface area (Å²) in [5, 5.41) is 6.85. The highest BCUT2D eigenvalue weighted by Gasteiger charge is 2.15. The molecular weight excluding hydrogens is 254 g/mol. The molecule has 0 unspecified atom stereocenters. The summed E-state index contributed by atoms with van der Waals surface area (Å²) in [7, 11) is 0. The number of thiazole rings is 1. The zero-order chi connectivity index (χ0) is 13.6. The second-order valence-corrected chi connectivity index (χ2v) is 5.28. The van der Waals surface area contributed by atoms with Crippen LogP contribution < -0.4 is 10.6 Å². The predicted molar refractivity (Wildman–Crippen MR) is 68.7 cm³/mol. The van der Waals surface area contributed by atoms with E-state index in [1.165, 1.54) is 11.3 Å². The summed E-state index contributed by atoms with van der Waals surface area (Å²) in [5.74, 6) is -0.248. The Labute approximate surface area is 110 Å². The first-order valence-electron chi connectivity index (χ1n) is 5.52. The van der Waals surface area contributed by atoms with Gasteiger partial charge in [-0.15, -0.1) is 11.3 Å². The number of ether oxygens (including phenoxy) is 1. The van der Waals surface area contributed by atoms with Gasteiger partial charge in [-0.2, -0.15) is 0 Å². The molecule has 1 rings (SSSR count). The molecule has 0 atom stereocenters. The van der Waals surface area contributed by atoms with Gasteiger partial charge in [0.25, 0.3) is 5.91 Å². The van der Waals surface area contributed by atoms with Gasteiger partial charge in [-0.1, -0.05) is 0 Å². The number of hydrogen-bond donors (Lipinski definition) is 2. The average molecular weight is 271 g/mol. The molecule has 1 aromatic rings. The third kappa shape index (κ3) is 5.62. The number of carbonyl (C=O) groups is 2. The van der Waals surface area contributed by atoms with Gasteiger partial charge in [0.1, 0.15) is 11.3 Å². The van der Waals surface area contributed by atoms with E-state index in [1.807, 2.05) is 0 Å². The lowest BCUT2D eigenvalue weighted by atomic mass is 10.2. The van der Waals surface area contributed by atoms with Crippen LogP contribution in [0.25, 0.3) is 0 Å². The topological polar surface area (TPSA) is 80.3 Å². The van der Waals surface area contributed by atoms with Gasteiger partial charge in [0.05, 0.1) is 5.51 Å². The van der Waals surface area contributed by atoms with Gasteiger partial charge in [-0.3, -0.25) is 4.79 Å². The molecule has 0 aromatic carbocycles. The fraction of sp³-hybridized carbons (Fsp3) is 0.545. The standard InChI is InChI=1S/C11H17N3O3S/c1-11(2,3)17-10(16)13-5-4-12-9(15)8-6-18-7-14-8/h6-7H,4-5H2,1-3H3,(H,12,15)(H,13,16). The second kappa shape index (κ2) is 6.34. The molecule has 1 heterocycles. The van der Waals surface area contributed by atoms with Gasteiger partial charge >= 0.3 is 6.09 Å². The Balaban J connectivity index is 2.16. The lowest BCUT2D eigenvalue weighted by molar-refractivity contribution is 0.0526. The van der Waals surface area contributed by atoms with Crippen molar-refractivity contribution in [3.05, 3.63) is 16.6 Å². The highest BCUT2D eigenvalue weighted by molar-refractivity contribution is 7.07. The molecule has 0 aliphatic rings. The number of hydrogen-bond acceptors (Lipinski definition) is 5. The Kier molecular flexibility index (Phi) is 5.08. The molecule has 0 fully saturated rings. The zero-order valence-corrected chi connectivity index (χ0v) is 11.5. The summed E-state index contributed by atoms with van der Waals surface area (Å²) in [5.41, 5.74) is 1.46. The number of rotatable bonds is 4. The van der Waals surface area contributed by atoms with E-state index in [2.05, 4.69) is 15.6 Å². The van der Waals surface area contributed by atoms with E-state index in [0.717, 1.165) is 0 Å². The number of nitrogens with one attached hydrogen (secondary N) is 2. The Morgan fingerprint density at radius 1 is 1.33 bits per heavy atom. The smallest absolute Gasteiger partial charge is 0.407 e. The van der Waals surface area contributed by atoms with Gasteiger partial charge in [-0.05, 0) is 20.8 Å². The van der Waals surface area contributed by atoms with E-state index < -0.39 is 11.7 Å². The highest BCUT2D eigenvalue weighted by atomic mass is 32.1. The van der Waals surface area contributed by atoms with Gasteiger partial charge in [0.15, 0.2) is 0 Å². The van der Waals surface area contributed by atoms with Gasteiger partial charge in [0.2, 0.25) is 0 Å². The highest BCUT2D eigenvalue weighted by Crippen LogP contribution is 2.06. The lowest BCUT2D eigenvalue weighted by Crippen LogP contribution is -2.37. The molecule has 0 saturated carbocycles. The van der Waals surface area contributed by atoms with Crippen LogP contribution in [-0.2, 0) is 4.74 Å². The third-order valence-corrected chi connectivity index (χ3v) is 2.33. The minimum absolute atomic E-state index is 0.248. The van der Waals surface area contributed by atoms with E-state index in [-0.39, 0.29) is 5.91 Å². The number of nitrogens with zero attached hydrogens (tertiary/aromatic N) is 1. The molecule has 0 saturated heterocycles. The molecule has 1 aromatic heterocycles. The average Bonchev–Trinajstić information content (AvgIpc) is 2.74. The van der Waals surface area contributed by atoms with Crippen LogP contribution in [0, 0.1) is 0 Å². The van der Waals surface area contributed by atoms with Crippen molar-refractivity contribution >= 4 is 23.3 Å². The number of amides is 2. The Morgan fingerprint density at radius 3 is 2.56 bits per heavy atom. The van der Waals surface area contributed by atoms with Crippen molar-refractivity contribution in [1.29, 1.82) is 0 Å². The summed E-state index contributed by atoms with van der Waals surface area (Å²) in [4.78, 5) is 26.6. The fourth-order valence-electron chi connectivity index (χ4n) is 1.07. The quantitative estimate of drug-likeness (QED) is 0.811. The van der Waals surface area contributed by atoms with E-state index >= 15 is 0 Å². The number of carbonyl (C=O) groups excluding carboxylic acids is 2. The Morgan fingerprint density at radius 2 is 2.00 bits per heavy atom. The SMILES string of the molecule is CC(C)(C)OC(=O)NCCNC(=O)c1cscn1. The molecule has 100 valence electrons. The molecule has 0 spiro atoms. The molecule has 0 bridgehead atoms. The van der Waals surface area contributed by atoms with Crippen LogP contribution in [0.15, 0.2) is 10.9 Å². The van der Waals surface area contributed by atoms with Crippen molar-refractivity contribution < 1.29 is 14.3 Å². The van der Waals surface area contributed by atoms with E-state index in [1.54, 1.807) is 31.7 Å². The van der Waals surface area contributed by atoms with E-state index in [9.17, 15) is 9.59 Å². The molecule has 6 nitrogen and oxygen atoms in total. The molecule has 7 heteroatoms. The predicted octanol–water partition coefficient (Wildman–Crippen LogP) is 1.40. The maximum Gasteiger partial charge on any atom is 0.407 e. The summed E-state index contributed by atoms with van der Waals surface area (Å²) in [6.45, 7) is 6.00. The van der Waals surface area contributed by atoms with Crippen molar-refractivity contribution in [2.24, 2.45) is 0 Å². The number of alkyl carbamates (subject to hydrolysis) is 1. The summed E-state index contributed by atoms with van der Waals surface area (Å²) in [6.07, 6.45) is -0.495. The largest absolute Gasteiger partial charge is 0.444 e. The van der Waals surface area contributed by atoms with Crippen LogP contribution in [-0.4, -0.2) is 35.7 Å². The first-order chi connectivity index (χ1) is 8.38. The van der Waals surface area contributed by atoms with Crippen LogP contribution in [0.5, 0.6) is 0 Å². The summed E-state index contributed by atoms with van der Waals surface area (Å²) in [6, 6.07) is 0. The van der Waals surface area contributed by atoms with Gasteiger partial charge in [0, 0.05) is 18.5 Å². The minimum Gasteiger partial charge on any atom is -0.444 e. The molecule has 0 aliphatic carbocycles.